The average Bonchev–Trinajstić information content (AvgIpc) is 3.25. The lowest BCUT2D eigenvalue weighted by Gasteiger charge is -2.23. The van der Waals surface area contributed by atoms with Crippen molar-refractivity contribution in [3.8, 4) is 5.75 Å². The van der Waals surface area contributed by atoms with E-state index in [0.717, 1.165) is 37.5 Å². The number of para-hydroxylation sites is 1. The van der Waals surface area contributed by atoms with Gasteiger partial charge < -0.3 is 15.4 Å². The van der Waals surface area contributed by atoms with Crippen molar-refractivity contribution in [2.45, 2.75) is 31.2 Å². The van der Waals surface area contributed by atoms with E-state index in [0.29, 0.717) is 17.7 Å². The lowest BCUT2D eigenvalue weighted by molar-refractivity contribution is 0.354. The highest BCUT2D eigenvalue weighted by atomic mass is 35.5. The number of halogens is 2. The molecule has 1 aliphatic heterocycles. The van der Waals surface area contributed by atoms with E-state index >= 15 is 0 Å². The minimum atomic E-state index is -0.256. The second kappa shape index (κ2) is 7.43. The van der Waals surface area contributed by atoms with Crippen LogP contribution < -0.4 is 15.4 Å². The molecule has 21 heavy (non-hydrogen) atoms. The van der Waals surface area contributed by atoms with Gasteiger partial charge in [-0.2, -0.15) is 0 Å². The SMILES string of the molecule is COc1c(F)cccc1C1CC1NCC1CCNCC1.Cl. The van der Waals surface area contributed by atoms with Crippen LogP contribution in [0.25, 0.3) is 0 Å². The third-order valence-electron chi connectivity index (χ3n) is 4.52. The Morgan fingerprint density at radius 3 is 2.81 bits per heavy atom. The summed E-state index contributed by atoms with van der Waals surface area (Å²) < 4.78 is 18.9. The summed E-state index contributed by atoms with van der Waals surface area (Å²) in [5, 5.41) is 7.03. The highest BCUT2D eigenvalue weighted by Gasteiger charge is 2.40. The lowest BCUT2D eigenvalue weighted by atomic mass is 9.98. The van der Waals surface area contributed by atoms with Crippen LogP contribution in [0.2, 0.25) is 0 Å². The summed E-state index contributed by atoms with van der Waals surface area (Å²) in [7, 11) is 1.54. The summed E-state index contributed by atoms with van der Waals surface area (Å²) in [5.74, 6) is 1.35. The number of nitrogens with one attached hydrogen (secondary N) is 2. The highest BCUT2D eigenvalue weighted by molar-refractivity contribution is 5.85. The Bertz CT molecular complexity index is 466. The van der Waals surface area contributed by atoms with Crippen LogP contribution in [0.4, 0.5) is 4.39 Å². The topological polar surface area (TPSA) is 33.3 Å². The van der Waals surface area contributed by atoms with Gasteiger partial charge >= 0.3 is 0 Å². The van der Waals surface area contributed by atoms with Crippen molar-refractivity contribution >= 4 is 12.4 Å². The molecule has 1 saturated carbocycles. The fourth-order valence-electron chi connectivity index (χ4n) is 3.20. The third-order valence-corrected chi connectivity index (χ3v) is 4.52. The molecule has 1 heterocycles. The molecular weight excluding hydrogens is 291 g/mol. The van der Waals surface area contributed by atoms with E-state index in [9.17, 15) is 4.39 Å². The van der Waals surface area contributed by atoms with Crippen LogP contribution in [-0.4, -0.2) is 32.8 Å². The average molecular weight is 315 g/mol. The molecule has 2 unspecified atom stereocenters. The first kappa shape index (κ1) is 16.5. The zero-order valence-corrected chi connectivity index (χ0v) is 13.2. The van der Waals surface area contributed by atoms with Crippen LogP contribution in [0.5, 0.6) is 5.75 Å². The summed E-state index contributed by atoms with van der Waals surface area (Å²) in [4.78, 5) is 0. The number of rotatable bonds is 5. The Hall–Kier alpha value is -0.840. The molecule has 1 aromatic carbocycles. The Balaban J connectivity index is 0.00000161. The van der Waals surface area contributed by atoms with Gasteiger partial charge in [-0.15, -0.1) is 12.4 Å². The van der Waals surface area contributed by atoms with Crippen LogP contribution in [0.1, 0.15) is 30.7 Å². The molecule has 0 spiro atoms. The van der Waals surface area contributed by atoms with Gasteiger partial charge in [0.1, 0.15) is 0 Å². The predicted octanol–water partition coefficient (Wildman–Crippen LogP) is 2.70. The fourth-order valence-corrected chi connectivity index (χ4v) is 3.20. The first-order valence-corrected chi connectivity index (χ1v) is 7.56. The maximum Gasteiger partial charge on any atom is 0.165 e. The van der Waals surface area contributed by atoms with E-state index in [1.165, 1.54) is 18.9 Å². The van der Waals surface area contributed by atoms with Crippen molar-refractivity contribution in [1.82, 2.24) is 10.6 Å². The summed E-state index contributed by atoms with van der Waals surface area (Å²) in [6.07, 6.45) is 3.60. The molecule has 3 rings (SSSR count). The maximum atomic E-state index is 13.7. The Morgan fingerprint density at radius 2 is 2.10 bits per heavy atom. The Kier molecular flexibility index (Phi) is 5.85. The van der Waals surface area contributed by atoms with Crippen molar-refractivity contribution in [2.24, 2.45) is 5.92 Å². The van der Waals surface area contributed by atoms with Gasteiger partial charge in [-0.1, -0.05) is 12.1 Å². The zero-order valence-electron chi connectivity index (χ0n) is 12.4. The van der Waals surface area contributed by atoms with Gasteiger partial charge in [0, 0.05) is 17.5 Å². The Morgan fingerprint density at radius 1 is 1.33 bits per heavy atom. The second-order valence-electron chi connectivity index (χ2n) is 5.91. The molecular formula is C16H24ClFN2O. The molecule has 2 atom stereocenters. The van der Waals surface area contributed by atoms with Crippen molar-refractivity contribution in [3.63, 3.8) is 0 Å². The van der Waals surface area contributed by atoms with Crippen molar-refractivity contribution in [2.75, 3.05) is 26.7 Å². The molecule has 5 heteroatoms. The van der Waals surface area contributed by atoms with Gasteiger partial charge in [0.15, 0.2) is 11.6 Å². The maximum absolute atomic E-state index is 13.7. The van der Waals surface area contributed by atoms with Gasteiger partial charge in [0.05, 0.1) is 7.11 Å². The molecule has 0 aromatic heterocycles. The molecule has 0 amide bonds. The molecule has 1 aromatic rings. The number of methoxy groups -OCH3 is 1. The fraction of sp³-hybridized carbons (Fsp3) is 0.625. The van der Waals surface area contributed by atoms with Crippen molar-refractivity contribution in [3.05, 3.63) is 29.6 Å². The number of ether oxygens (including phenoxy) is 1. The molecule has 1 aliphatic carbocycles. The number of hydrogen-bond acceptors (Lipinski definition) is 3. The summed E-state index contributed by atoms with van der Waals surface area (Å²) >= 11 is 0. The first-order chi connectivity index (χ1) is 9.79. The smallest absolute Gasteiger partial charge is 0.165 e. The van der Waals surface area contributed by atoms with Crippen LogP contribution in [0, 0.1) is 11.7 Å². The third kappa shape index (κ3) is 3.87. The molecule has 0 radical (unpaired) electrons. The van der Waals surface area contributed by atoms with E-state index in [1.54, 1.807) is 13.2 Å². The molecule has 2 aliphatic rings. The van der Waals surface area contributed by atoms with Gasteiger partial charge in [0.25, 0.3) is 0 Å². The van der Waals surface area contributed by atoms with Gasteiger partial charge in [-0.25, -0.2) is 4.39 Å². The summed E-state index contributed by atoms with van der Waals surface area (Å²) in [5.41, 5.74) is 1.01. The number of hydrogen-bond donors (Lipinski definition) is 2. The van der Waals surface area contributed by atoms with E-state index in [-0.39, 0.29) is 18.2 Å². The van der Waals surface area contributed by atoms with Crippen LogP contribution in [0.3, 0.4) is 0 Å². The predicted molar refractivity (Wildman–Crippen MR) is 84.9 cm³/mol. The minimum absolute atomic E-state index is 0. The number of benzene rings is 1. The van der Waals surface area contributed by atoms with Gasteiger partial charge in [-0.05, 0) is 50.9 Å². The van der Waals surface area contributed by atoms with Crippen molar-refractivity contribution in [1.29, 1.82) is 0 Å². The second-order valence-corrected chi connectivity index (χ2v) is 5.91. The molecule has 2 fully saturated rings. The molecule has 3 nitrogen and oxygen atoms in total. The largest absolute Gasteiger partial charge is 0.493 e. The molecule has 118 valence electrons. The van der Waals surface area contributed by atoms with E-state index < -0.39 is 0 Å². The number of piperidine rings is 1. The monoisotopic (exact) mass is 314 g/mol. The van der Waals surface area contributed by atoms with Crippen molar-refractivity contribution < 1.29 is 9.13 Å². The van der Waals surface area contributed by atoms with Crippen LogP contribution in [0.15, 0.2) is 18.2 Å². The first-order valence-electron chi connectivity index (χ1n) is 7.56. The molecule has 1 saturated heterocycles. The molecule has 2 N–H and O–H groups in total. The normalized spacial score (nSPS) is 25.2. The van der Waals surface area contributed by atoms with E-state index in [2.05, 4.69) is 10.6 Å². The highest BCUT2D eigenvalue weighted by Crippen LogP contribution is 2.45. The van der Waals surface area contributed by atoms with E-state index in [1.807, 2.05) is 6.07 Å². The van der Waals surface area contributed by atoms with Gasteiger partial charge in [0.2, 0.25) is 0 Å². The Labute approximate surface area is 132 Å². The van der Waals surface area contributed by atoms with Crippen LogP contribution in [-0.2, 0) is 0 Å². The molecule has 0 bridgehead atoms. The quantitative estimate of drug-likeness (QED) is 0.877. The summed E-state index contributed by atoms with van der Waals surface area (Å²) in [6, 6.07) is 5.71. The lowest BCUT2D eigenvalue weighted by Crippen LogP contribution is -2.34. The summed E-state index contributed by atoms with van der Waals surface area (Å²) in [6.45, 7) is 3.36. The zero-order chi connectivity index (χ0) is 13.9. The minimum Gasteiger partial charge on any atom is -0.493 e. The standard InChI is InChI=1S/C16H23FN2O.ClH/c1-20-16-12(3-2-4-14(16)17)13-9-15(13)19-10-11-5-7-18-8-6-11;/h2-4,11,13,15,18-19H,5-10H2,1H3;1H. The van der Waals surface area contributed by atoms with Crippen LogP contribution >= 0.6 is 12.4 Å². The van der Waals surface area contributed by atoms with Gasteiger partial charge in [-0.3, -0.25) is 0 Å². The van der Waals surface area contributed by atoms with E-state index in [4.69, 9.17) is 4.74 Å².